The number of hydrogen-bond donors (Lipinski definition) is 1. The SMILES string of the molecule is COc1ccccc1CN1C(=O)C(=O)/C(=C(/O)c2cc(Cl)c(OC)c(Cl)c2OC)C1c1ccccn1. The zero-order valence-corrected chi connectivity index (χ0v) is 21.1. The highest BCUT2D eigenvalue weighted by atomic mass is 35.5. The number of amides is 1. The number of carbonyl (C=O) groups excluding carboxylic acids is 2. The van der Waals surface area contributed by atoms with Crippen LogP contribution in [0.3, 0.4) is 0 Å². The minimum Gasteiger partial charge on any atom is -0.507 e. The second kappa shape index (κ2) is 10.5. The number of halogens is 2. The van der Waals surface area contributed by atoms with E-state index in [1.807, 2.05) is 0 Å². The van der Waals surface area contributed by atoms with Gasteiger partial charge in [0.2, 0.25) is 0 Å². The molecule has 0 bridgehead atoms. The maximum Gasteiger partial charge on any atom is 0.296 e. The Morgan fingerprint density at radius 3 is 2.33 bits per heavy atom. The van der Waals surface area contributed by atoms with Crippen molar-refractivity contribution in [3.8, 4) is 17.2 Å². The third kappa shape index (κ3) is 4.34. The number of carbonyl (C=O) groups is 2. The van der Waals surface area contributed by atoms with E-state index >= 15 is 0 Å². The minimum absolute atomic E-state index is 0.00619. The summed E-state index contributed by atoms with van der Waals surface area (Å²) in [6, 6.07) is 12.6. The number of methoxy groups -OCH3 is 3. The Balaban J connectivity index is 1.94. The van der Waals surface area contributed by atoms with Crippen LogP contribution in [0.2, 0.25) is 10.0 Å². The normalized spacial score (nSPS) is 16.8. The number of hydrogen-bond acceptors (Lipinski definition) is 7. The molecule has 1 amide bonds. The number of pyridine rings is 1. The molecule has 1 unspecified atom stereocenters. The van der Waals surface area contributed by atoms with Crippen LogP contribution in [0.1, 0.15) is 22.9 Å². The van der Waals surface area contributed by atoms with Gasteiger partial charge in [-0.25, -0.2) is 0 Å². The Bertz CT molecular complexity index is 1360. The van der Waals surface area contributed by atoms with Crippen LogP contribution < -0.4 is 14.2 Å². The van der Waals surface area contributed by atoms with E-state index in [9.17, 15) is 14.7 Å². The Labute approximate surface area is 217 Å². The number of rotatable bonds is 7. The number of aliphatic hydroxyl groups excluding tert-OH is 1. The highest BCUT2D eigenvalue weighted by Crippen LogP contribution is 2.47. The average Bonchev–Trinajstić information content (AvgIpc) is 3.14. The van der Waals surface area contributed by atoms with Gasteiger partial charge < -0.3 is 24.2 Å². The summed E-state index contributed by atoms with van der Waals surface area (Å²) >= 11 is 12.7. The van der Waals surface area contributed by atoms with Gasteiger partial charge >= 0.3 is 0 Å². The molecule has 186 valence electrons. The lowest BCUT2D eigenvalue weighted by molar-refractivity contribution is -0.140. The molecule has 2 aromatic carbocycles. The van der Waals surface area contributed by atoms with Crippen LogP contribution in [-0.2, 0) is 16.1 Å². The van der Waals surface area contributed by atoms with E-state index in [1.165, 1.54) is 32.3 Å². The van der Waals surface area contributed by atoms with Gasteiger partial charge in [-0.05, 0) is 24.3 Å². The van der Waals surface area contributed by atoms with Crippen molar-refractivity contribution >= 4 is 40.7 Å². The molecule has 0 aliphatic carbocycles. The van der Waals surface area contributed by atoms with Crippen LogP contribution in [0.25, 0.3) is 5.76 Å². The van der Waals surface area contributed by atoms with Crippen LogP contribution in [0, 0.1) is 0 Å². The van der Waals surface area contributed by atoms with E-state index < -0.39 is 23.5 Å². The predicted molar refractivity (Wildman–Crippen MR) is 135 cm³/mol. The van der Waals surface area contributed by atoms with Crippen LogP contribution in [0.4, 0.5) is 0 Å². The lowest BCUT2D eigenvalue weighted by Crippen LogP contribution is -2.29. The van der Waals surface area contributed by atoms with Gasteiger partial charge in [0.05, 0.1) is 49.7 Å². The first kappa shape index (κ1) is 25.3. The molecule has 10 heteroatoms. The summed E-state index contributed by atoms with van der Waals surface area (Å²) < 4.78 is 16.0. The second-order valence-corrected chi connectivity index (χ2v) is 8.57. The van der Waals surface area contributed by atoms with Crippen molar-refractivity contribution in [3.63, 3.8) is 0 Å². The standard InChI is InChI=1S/C26H22Cl2N2O6/c1-34-18-10-5-4-8-14(18)13-30-21(17-9-6-7-11-29-17)19(23(32)26(30)33)22(31)15-12-16(27)25(36-3)20(28)24(15)35-2/h4-12,21,31H,13H2,1-3H3/b22-19+. The van der Waals surface area contributed by atoms with E-state index in [4.69, 9.17) is 37.4 Å². The quantitative estimate of drug-likeness (QED) is 0.260. The van der Waals surface area contributed by atoms with E-state index in [0.717, 1.165) is 0 Å². The smallest absolute Gasteiger partial charge is 0.296 e. The summed E-state index contributed by atoms with van der Waals surface area (Å²) in [6.07, 6.45) is 1.54. The molecule has 1 saturated heterocycles. The lowest BCUT2D eigenvalue weighted by atomic mass is 9.97. The van der Waals surface area contributed by atoms with Crippen LogP contribution in [0.5, 0.6) is 17.2 Å². The Kier molecular flexibility index (Phi) is 7.37. The number of aliphatic hydroxyl groups is 1. The number of ether oxygens (including phenoxy) is 3. The number of aromatic nitrogens is 1. The number of nitrogens with zero attached hydrogens (tertiary/aromatic N) is 2. The second-order valence-electron chi connectivity index (χ2n) is 7.78. The van der Waals surface area contributed by atoms with Crippen molar-refractivity contribution in [2.24, 2.45) is 0 Å². The third-order valence-corrected chi connectivity index (χ3v) is 6.46. The molecule has 1 N–H and O–H groups in total. The number of Topliss-reactive ketones (excluding diaryl/α,β-unsaturated/α-hetero) is 1. The molecule has 3 aromatic rings. The summed E-state index contributed by atoms with van der Waals surface area (Å²) in [5, 5.41) is 11.5. The summed E-state index contributed by atoms with van der Waals surface area (Å²) in [5.41, 5.74) is 0.919. The topological polar surface area (TPSA) is 98.2 Å². The monoisotopic (exact) mass is 528 g/mol. The van der Waals surface area contributed by atoms with Gasteiger partial charge in [0.25, 0.3) is 11.7 Å². The first-order valence-electron chi connectivity index (χ1n) is 10.8. The highest BCUT2D eigenvalue weighted by molar-refractivity contribution is 6.46. The van der Waals surface area contributed by atoms with Gasteiger partial charge in [-0.2, -0.15) is 0 Å². The molecule has 1 aliphatic rings. The first-order chi connectivity index (χ1) is 17.3. The van der Waals surface area contributed by atoms with E-state index in [1.54, 1.807) is 48.7 Å². The zero-order valence-electron chi connectivity index (χ0n) is 19.6. The summed E-state index contributed by atoms with van der Waals surface area (Å²) in [5.74, 6) is -1.47. The first-order valence-corrected chi connectivity index (χ1v) is 11.5. The molecule has 0 radical (unpaired) electrons. The van der Waals surface area contributed by atoms with Gasteiger partial charge in [0.15, 0.2) is 11.5 Å². The Hall–Kier alpha value is -3.75. The van der Waals surface area contributed by atoms with Crippen molar-refractivity contribution in [2.45, 2.75) is 12.6 Å². The summed E-state index contributed by atoms with van der Waals surface area (Å²) in [4.78, 5) is 32.3. The van der Waals surface area contributed by atoms with Crippen molar-refractivity contribution in [1.82, 2.24) is 9.88 Å². The zero-order chi connectivity index (χ0) is 26.0. The van der Waals surface area contributed by atoms with Gasteiger partial charge in [0.1, 0.15) is 22.6 Å². The molecule has 8 nitrogen and oxygen atoms in total. The molecular weight excluding hydrogens is 507 g/mol. The molecule has 4 rings (SSSR count). The molecule has 0 saturated carbocycles. The highest BCUT2D eigenvalue weighted by Gasteiger charge is 2.47. The van der Waals surface area contributed by atoms with Crippen molar-refractivity contribution in [3.05, 3.63) is 87.2 Å². The molecule has 36 heavy (non-hydrogen) atoms. The molecule has 1 atom stereocenters. The van der Waals surface area contributed by atoms with Gasteiger partial charge in [0, 0.05) is 11.8 Å². The largest absolute Gasteiger partial charge is 0.507 e. The number of ketones is 1. The fraction of sp³-hybridized carbons (Fsp3) is 0.192. The molecule has 2 heterocycles. The van der Waals surface area contributed by atoms with Gasteiger partial charge in [-0.1, -0.05) is 47.5 Å². The van der Waals surface area contributed by atoms with Gasteiger partial charge in [-0.3, -0.25) is 14.6 Å². The molecule has 0 spiro atoms. The van der Waals surface area contributed by atoms with Crippen molar-refractivity contribution < 1.29 is 28.9 Å². The van der Waals surface area contributed by atoms with Crippen molar-refractivity contribution in [1.29, 1.82) is 0 Å². The van der Waals surface area contributed by atoms with E-state index in [-0.39, 0.29) is 39.2 Å². The van der Waals surface area contributed by atoms with Gasteiger partial charge in [-0.15, -0.1) is 0 Å². The number of benzene rings is 2. The summed E-state index contributed by atoms with van der Waals surface area (Å²) in [7, 11) is 4.25. The molecule has 1 aliphatic heterocycles. The predicted octanol–water partition coefficient (Wildman–Crippen LogP) is 5.04. The van der Waals surface area contributed by atoms with Crippen LogP contribution in [0.15, 0.2) is 60.3 Å². The average molecular weight is 529 g/mol. The van der Waals surface area contributed by atoms with E-state index in [0.29, 0.717) is 17.0 Å². The number of para-hydroxylation sites is 1. The summed E-state index contributed by atoms with van der Waals surface area (Å²) in [6.45, 7) is 0.0356. The molecular formula is C26H22Cl2N2O6. The van der Waals surface area contributed by atoms with Crippen molar-refractivity contribution in [2.75, 3.05) is 21.3 Å². The minimum atomic E-state index is -1.000. The Morgan fingerprint density at radius 2 is 1.69 bits per heavy atom. The third-order valence-electron chi connectivity index (χ3n) is 5.84. The van der Waals surface area contributed by atoms with E-state index in [2.05, 4.69) is 4.98 Å². The molecule has 1 aromatic heterocycles. The van der Waals surface area contributed by atoms with Crippen LogP contribution >= 0.6 is 23.2 Å². The maximum absolute atomic E-state index is 13.4. The fourth-order valence-corrected chi connectivity index (χ4v) is 4.88. The number of likely N-dealkylation sites (tertiary alicyclic amines) is 1. The van der Waals surface area contributed by atoms with Crippen LogP contribution in [-0.4, -0.2) is 48.0 Å². The lowest BCUT2D eigenvalue weighted by Gasteiger charge is -2.25. The fourth-order valence-electron chi connectivity index (χ4n) is 4.20. The molecule has 1 fully saturated rings. The Morgan fingerprint density at radius 1 is 1.00 bits per heavy atom. The maximum atomic E-state index is 13.4.